The van der Waals surface area contributed by atoms with E-state index >= 15 is 0 Å². The van der Waals surface area contributed by atoms with Crippen LogP contribution in [0.1, 0.15) is 27.4 Å². The summed E-state index contributed by atoms with van der Waals surface area (Å²) in [4.78, 5) is 29.8. The predicted molar refractivity (Wildman–Crippen MR) is 122 cm³/mol. The first-order valence-corrected chi connectivity index (χ1v) is 10.7. The fourth-order valence-electron chi connectivity index (χ4n) is 4.24. The zero-order valence-corrected chi connectivity index (χ0v) is 17.9. The van der Waals surface area contributed by atoms with Gasteiger partial charge in [-0.25, -0.2) is 0 Å². The maximum Gasteiger partial charge on any atom is 0.252 e. The normalized spacial score (nSPS) is 21.4. The first-order chi connectivity index (χ1) is 15.1. The predicted octanol–water partition coefficient (Wildman–Crippen LogP) is 4.53. The smallest absolute Gasteiger partial charge is 0.252 e. The third-order valence-electron chi connectivity index (χ3n) is 5.83. The highest BCUT2D eigenvalue weighted by Gasteiger charge is 2.61. The molecule has 3 aromatic carbocycles. The molecule has 3 aromatic rings. The van der Waals surface area contributed by atoms with Gasteiger partial charge in [-0.15, -0.1) is 0 Å². The van der Waals surface area contributed by atoms with Gasteiger partial charge in [-0.2, -0.15) is 0 Å². The highest BCUT2D eigenvalue weighted by atomic mass is 32.2. The van der Waals surface area contributed by atoms with Crippen molar-refractivity contribution in [3.05, 3.63) is 89.5 Å². The molecule has 0 radical (unpaired) electrons. The fourth-order valence-corrected chi connectivity index (χ4v) is 5.74. The molecule has 1 amide bonds. The second-order valence-corrected chi connectivity index (χ2v) is 8.80. The van der Waals surface area contributed by atoms with Gasteiger partial charge in [-0.1, -0.05) is 60.0 Å². The number of Topliss-reactive ketones (excluding diaryl/α,β-unsaturated/α-hetero) is 1. The first kappa shape index (κ1) is 19.5. The summed E-state index contributed by atoms with van der Waals surface area (Å²) < 4.78 is 3.89. The van der Waals surface area contributed by atoms with Crippen LogP contribution in [0.2, 0.25) is 0 Å². The molecule has 4 nitrogen and oxygen atoms in total. The molecule has 31 heavy (non-hydrogen) atoms. The second kappa shape index (κ2) is 7.33. The third-order valence-corrected chi connectivity index (χ3v) is 7.32. The number of rotatable bonds is 1. The summed E-state index contributed by atoms with van der Waals surface area (Å²) in [5.41, 5.74) is 3.06. The van der Waals surface area contributed by atoms with Crippen molar-refractivity contribution in [2.75, 3.05) is 19.1 Å². The molecule has 5 rings (SSSR count). The average molecular weight is 426 g/mol. The Hall–Kier alpha value is -3.49. The van der Waals surface area contributed by atoms with Crippen LogP contribution >= 0.6 is 11.8 Å². The molecule has 0 saturated heterocycles. The van der Waals surface area contributed by atoms with Crippen LogP contribution in [-0.4, -0.2) is 30.6 Å². The maximum absolute atomic E-state index is 13.7. The molecule has 5 heteroatoms. The number of fused-ring (bicyclic) bond motifs is 2. The number of thioether (sulfide) groups is 1. The second-order valence-electron chi connectivity index (χ2n) is 7.52. The molecule has 0 saturated carbocycles. The van der Waals surface area contributed by atoms with Gasteiger partial charge in [0, 0.05) is 28.8 Å². The van der Waals surface area contributed by atoms with Crippen molar-refractivity contribution >= 4 is 29.1 Å². The minimum Gasteiger partial charge on any atom is -0.497 e. The van der Waals surface area contributed by atoms with E-state index in [-0.39, 0.29) is 11.7 Å². The molecule has 2 aliphatic rings. The van der Waals surface area contributed by atoms with Gasteiger partial charge in [0.1, 0.15) is 5.75 Å². The summed E-state index contributed by atoms with van der Waals surface area (Å²) in [6.45, 7) is 0. The number of ether oxygens (including phenoxy) is 1. The number of anilines is 1. The van der Waals surface area contributed by atoms with E-state index < -0.39 is 10.7 Å². The summed E-state index contributed by atoms with van der Waals surface area (Å²) >= 11 is 1.33. The van der Waals surface area contributed by atoms with Crippen LogP contribution < -0.4 is 9.64 Å². The molecule has 152 valence electrons. The van der Waals surface area contributed by atoms with Gasteiger partial charge < -0.3 is 9.64 Å². The lowest BCUT2D eigenvalue weighted by molar-refractivity contribution is -0.120. The number of methoxy groups -OCH3 is 1. The van der Waals surface area contributed by atoms with Gasteiger partial charge in [0.05, 0.1) is 13.0 Å². The van der Waals surface area contributed by atoms with E-state index in [4.69, 9.17) is 4.74 Å². The third kappa shape index (κ3) is 2.87. The first-order valence-electron chi connectivity index (χ1n) is 9.92. The average Bonchev–Trinajstić information content (AvgIpc) is 3.11. The van der Waals surface area contributed by atoms with E-state index in [0.717, 1.165) is 27.5 Å². The molecule has 2 atom stereocenters. The molecule has 0 bridgehead atoms. The zero-order chi connectivity index (χ0) is 21.6. The zero-order valence-electron chi connectivity index (χ0n) is 17.1. The van der Waals surface area contributed by atoms with Crippen LogP contribution in [0.3, 0.4) is 0 Å². The molecule has 0 unspecified atom stereocenters. The van der Waals surface area contributed by atoms with Crippen molar-refractivity contribution in [1.29, 1.82) is 0 Å². The quantitative estimate of drug-likeness (QED) is 0.424. The summed E-state index contributed by atoms with van der Waals surface area (Å²) in [6, 6.07) is 22.5. The number of amides is 1. The van der Waals surface area contributed by atoms with E-state index in [2.05, 4.69) is 11.8 Å². The number of carbonyl (C=O) groups excluding carboxylic acids is 2. The molecule has 0 N–H and O–H groups in total. The van der Waals surface area contributed by atoms with E-state index in [1.54, 1.807) is 25.1 Å². The standard InChI is InChI=1S/C26H19NO3S/c1-27-22-9-5-3-7-19(22)21(16-13-17-11-14-18(30-2)15-12-17)26(25(27)29)24(28)20-8-4-6-10-23(20)31-26/h3-12,14-15,21H,1-2H3/t21-,26-/m0/s1. The van der Waals surface area contributed by atoms with Gasteiger partial charge >= 0.3 is 0 Å². The topological polar surface area (TPSA) is 46.6 Å². The monoisotopic (exact) mass is 425 g/mol. The van der Waals surface area contributed by atoms with Crippen molar-refractivity contribution in [2.45, 2.75) is 15.6 Å². The molecule has 0 aromatic heterocycles. The summed E-state index contributed by atoms with van der Waals surface area (Å²) in [7, 11) is 3.35. The number of hydrogen-bond donors (Lipinski definition) is 0. The van der Waals surface area contributed by atoms with Crippen molar-refractivity contribution in [2.24, 2.45) is 0 Å². The Kier molecular flexibility index (Phi) is 4.60. The van der Waals surface area contributed by atoms with E-state index in [9.17, 15) is 9.59 Å². The molecule has 2 heterocycles. The van der Waals surface area contributed by atoms with Gasteiger partial charge in [0.15, 0.2) is 10.5 Å². The minimum atomic E-state index is -1.33. The Bertz CT molecular complexity index is 1270. The lowest BCUT2D eigenvalue weighted by Gasteiger charge is -2.41. The van der Waals surface area contributed by atoms with Gasteiger partial charge in [-0.05, 0) is 42.0 Å². The van der Waals surface area contributed by atoms with E-state index in [1.165, 1.54) is 11.8 Å². The molecule has 2 aliphatic heterocycles. The Morgan fingerprint density at radius 1 is 0.968 bits per heavy atom. The highest BCUT2D eigenvalue weighted by molar-refractivity contribution is 8.03. The van der Waals surface area contributed by atoms with Gasteiger partial charge in [-0.3, -0.25) is 9.59 Å². The van der Waals surface area contributed by atoms with Crippen LogP contribution in [0.25, 0.3) is 0 Å². The van der Waals surface area contributed by atoms with Crippen LogP contribution in [0.15, 0.2) is 77.7 Å². The number of ketones is 1. The highest BCUT2D eigenvalue weighted by Crippen LogP contribution is 2.56. The number of carbonyl (C=O) groups is 2. The number of nitrogens with zero attached hydrogens (tertiary/aromatic N) is 1. The van der Waals surface area contributed by atoms with Crippen molar-refractivity contribution < 1.29 is 14.3 Å². The lowest BCUT2D eigenvalue weighted by Crippen LogP contribution is -2.56. The fraction of sp³-hybridized carbons (Fsp3) is 0.154. The van der Waals surface area contributed by atoms with Crippen molar-refractivity contribution in [3.8, 4) is 17.6 Å². The Morgan fingerprint density at radius 2 is 1.68 bits per heavy atom. The van der Waals surface area contributed by atoms with Crippen molar-refractivity contribution in [1.82, 2.24) is 0 Å². The summed E-state index contributed by atoms with van der Waals surface area (Å²) in [6.07, 6.45) is 0. The lowest BCUT2D eigenvalue weighted by atomic mass is 9.76. The number of para-hydroxylation sites is 1. The van der Waals surface area contributed by atoms with Gasteiger partial charge in [0.25, 0.3) is 5.91 Å². The summed E-state index contributed by atoms with van der Waals surface area (Å²) in [5.74, 6) is 6.28. The molecule has 0 aliphatic carbocycles. The van der Waals surface area contributed by atoms with E-state index in [0.29, 0.717) is 5.56 Å². The largest absolute Gasteiger partial charge is 0.497 e. The van der Waals surface area contributed by atoms with Crippen LogP contribution in [-0.2, 0) is 4.79 Å². The Balaban J connectivity index is 1.69. The Morgan fingerprint density at radius 3 is 2.42 bits per heavy atom. The molecule has 0 fully saturated rings. The maximum atomic E-state index is 13.7. The number of hydrogen-bond acceptors (Lipinski definition) is 4. The molecular formula is C26H19NO3S. The van der Waals surface area contributed by atoms with Crippen LogP contribution in [0.5, 0.6) is 5.75 Å². The SMILES string of the molecule is COc1ccc(C#C[C@H]2c3ccccc3N(C)C(=O)[C@]23Sc2ccccc2C3=O)cc1. The Labute approximate surface area is 185 Å². The van der Waals surface area contributed by atoms with E-state index in [1.807, 2.05) is 66.7 Å². The van der Waals surface area contributed by atoms with Crippen LogP contribution in [0.4, 0.5) is 5.69 Å². The number of benzene rings is 3. The molecular weight excluding hydrogens is 406 g/mol. The van der Waals surface area contributed by atoms with Gasteiger partial charge in [0.2, 0.25) is 0 Å². The molecule has 1 spiro atoms. The summed E-state index contributed by atoms with van der Waals surface area (Å²) in [5, 5.41) is 0. The van der Waals surface area contributed by atoms with Crippen molar-refractivity contribution in [3.63, 3.8) is 0 Å². The minimum absolute atomic E-state index is 0.173. The van der Waals surface area contributed by atoms with Crippen LogP contribution in [0, 0.1) is 11.8 Å².